The van der Waals surface area contributed by atoms with Gasteiger partial charge in [-0.3, -0.25) is 0 Å². The van der Waals surface area contributed by atoms with Crippen molar-refractivity contribution in [3.05, 3.63) is 0 Å². The second-order valence-corrected chi connectivity index (χ2v) is 1.95. The highest BCUT2D eigenvalue weighted by Gasteiger charge is 2.15. The van der Waals surface area contributed by atoms with Crippen molar-refractivity contribution in [2.75, 3.05) is 5.73 Å². The zero-order chi connectivity index (χ0) is 7.84. The molecule has 6 heteroatoms. The van der Waals surface area contributed by atoms with Gasteiger partial charge in [0.05, 0.1) is 0 Å². The summed E-state index contributed by atoms with van der Waals surface area (Å²) in [5, 5.41) is 12.6. The molecule has 1 radical (unpaired) electrons. The lowest BCUT2D eigenvalue weighted by Crippen LogP contribution is -1.95. The Bertz CT molecular complexity index is 334. The summed E-state index contributed by atoms with van der Waals surface area (Å²) >= 11 is 0. The number of hydrogen-bond donors (Lipinski definition) is 2. The van der Waals surface area contributed by atoms with Crippen LogP contribution in [0, 0.1) is 0 Å². The Morgan fingerprint density at radius 1 is 1.36 bits per heavy atom. The topological polar surface area (TPSA) is 98.5 Å². The summed E-state index contributed by atoms with van der Waals surface area (Å²) in [6, 6.07) is -0.379. The fraction of sp³-hybridized carbons (Fsp3) is 0. The SMILES string of the molecule is Nc1nc(O)nc2c1N=C[N]2. The van der Waals surface area contributed by atoms with Crippen LogP contribution in [0.4, 0.5) is 17.3 Å². The van der Waals surface area contributed by atoms with E-state index in [2.05, 4.69) is 20.3 Å². The van der Waals surface area contributed by atoms with Gasteiger partial charge in [0.25, 0.3) is 0 Å². The first-order valence-electron chi connectivity index (χ1n) is 2.87. The third-order valence-electron chi connectivity index (χ3n) is 1.25. The largest absolute Gasteiger partial charge is 0.479 e. The molecule has 0 amide bonds. The Labute approximate surface area is 61.8 Å². The van der Waals surface area contributed by atoms with Crippen LogP contribution in [0.1, 0.15) is 0 Å². The van der Waals surface area contributed by atoms with Gasteiger partial charge in [-0.1, -0.05) is 0 Å². The number of nitrogens with zero attached hydrogens (tertiary/aromatic N) is 4. The fourth-order valence-corrected chi connectivity index (χ4v) is 0.803. The van der Waals surface area contributed by atoms with Crippen molar-refractivity contribution in [2.45, 2.75) is 0 Å². The van der Waals surface area contributed by atoms with Crippen LogP contribution in [0.15, 0.2) is 4.99 Å². The first-order valence-corrected chi connectivity index (χ1v) is 2.87. The molecule has 2 rings (SSSR count). The van der Waals surface area contributed by atoms with Gasteiger partial charge in [-0.15, -0.1) is 0 Å². The van der Waals surface area contributed by atoms with Gasteiger partial charge >= 0.3 is 6.01 Å². The standard InChI is InChI=1S/C5H4N5O/c6-3-2-4(8-1-7-2)10-5(11)9-3/h1H,(H3,6,9,10,11). The van der Waals surface area contributed by atoms with Crippen molar-refractivity contribution in [3.63, 3.8) is 0 Å². The van der Waals surface area contributed by atoms with Crippen LogP contribution in [0.2, 0.25) is 0 Å². The van der Waals surface area contributed by atoms with Crippen LogP contribution in [-0.4, -0.2) is 21.4 Å². The molecule has 2 heterocycles. The molecule has 1 aromatic heterocycles. The Morgan fingerprint density at radius 2 is 2.18 bits per heavy atom. The molecule has 0 spiro atoms. The van der Waals surface area contributed by atoms with Gasteiger partial charge in [0.15, 0.2) is 17.3 Å². The number of nitrogen functional groups attached to an aromatic ring is 1. The third-order valence-corrected chi connectivity index (χ3v) is 1.25. The molecule has 0 saturated heterocycles. The highest BCUT2D eigenvalue weighted by atomic mass is 16.3. The number of aromatic nitrogens is 2. The van der Waals surface area contributed by atoms with Crippen molar-refractivity contribution >= 4 is 23.7 Å². The second-order valence-electron chi connectivity index (χ2n) is 1.95. The van der Waals surface area contributed by atoms with E-state index in [0.29, 0.717) is 11.5 Å². The third kappa shape index (κ3) is 0.759. The van der Waals surface area contributed by atoms with Gasteiger partial charge in [-0.05, 0) is 0 Å². The molecule has 55 valence electrons. The summed E-state index contributed by atoms with van der Waals surface area (Å²) < 4.78 is 0. The van der Waals surface area contributed by atoms with Crippen molar-refractivity contribution < 1.29 is 5.11 Å². The van der Waals surface area contributed by atoms with Crippen LogP contribution in [0.3, 0.4) is 0 Å². The highest BCUT2D eigenvalue weighted by Crippen LogP contribution is 2.32. The zero-order valence-corrected chi connectivity index (χ0v) is 5.39. The molecular weight excluding hydrogens is 146 g/mol. The van der Waals surface area contributed by atoms with E-state index in [1.165, 1.54) is 6.34 Å². The predicted molar refractivity (Wildman–Crippen MR) is 38.1 cm³/mol. The number of rotatable bonds is 0. The van der Waals surface area contributed by atoms with E-state index in [-0.39, 0.29) is 11.8 Å². The predicted octanol–water partition coefficient (Wildman–Crippen LogP) is -0.326. The first kappa shape index (κ1) is 5.90. The number of nitrogens with two attached hydrogens (primary N) is 1. The lowest BCUT2D eigenvalue weighted by Gasteiger charge is -1.97. The molecule has 1 aliphatic heterocycles. The molecule has 1 aliphatic rings. The quantitative estimate of drug-likeness (QED) is 0.529. The minimum absolute atomic E-state index is 0.144. The smallest absolute Gasteiger partial charge is 0.318 e. The summed E-state index contributed by atoms with van der Waals surface area (Å²) in [6.07, 6.45) is 1.31. The maximum atomic E-state index is 8.86. The lowest BCUT2D eigenvalue weighted by atomic mass is 10.4. The van der Waals surface area contributed by atoms with E-state index in [9.17, 15) is 0 Å². The van der Waals surface area contributed by atoms with E-state index in [0.717, 1.165) is 0 Å². The summed E-state index contributed by atoms with van der Waals surface area (Å²) in [5.74, 6) is 0.458. The van der Waals surface area contributed by atoms with Crippen molar-refractivity contribution in [1.29, 1.82) is 0 Å². The van der Waals surface area contributed by atoms with Crippen LogP contribution < -0.4 is 11.1 Å². The van der Waals surface area contributed by atoms with Crippen LogP contribution >= 0.6 is 0 Å². The molecule has 0 fully saturated rings. The van der Waals surface area contributed by atoms with Crippen molar-refractivity contribution in [2.24, 2.45) is 4.99 Å². The minimum atomic E-state index is -0.379. The maximum absolute atomic E-state index is 8.86. The van der Waals surface area contributed by atoms with Gasteiger partial charge in [-0.25, -0.2) is 10.3 Å². The normalized spacial score (nSPS) is 12.7. The molecule has 1 aromatic rings. The monoisotopic (exact) mass is 150 g/mol. The molecule has 0 aliphatic carbocycles. The Hall–Kier alpha value is -1.85. The van der Waals surface area contributed by atoms with E-state index >= 15 is 0 Å². The molecule has 6 nitrogen and oxygen atoms in total. The number of aromatic hydroxyl groups is 1. The Morgan fingerprint density at radius 3 is 3.00 bits per heavy atom. The molecule has 0 saturated carbocycles. The average molecular weight is 150 g/mol. The van der Waals surface area contributed by atoms with E-state index in [4.69, 9.17) is 10.8 Å². The van der Waals surface area contributed by atoms with Gasteiger partial charge in [0.2, 0.25) is 0 Å². The van der Waals surface area contributed by atoms with Gasteiger partial charge in [-0.2, -0.15) is 9.97 Å². The number of hydrogen-bond acceptors (Lipinski definition) is 5. The molecule has 11 heavy (non-hydrogen) atoms. The van der Waals surface area contributed by atoms with Crippen LogP contribution in [0.25, 0.3) is 0 Å². The molecule has 0 bridgehead atoms. The van der Waals surface area contributed by atoms with Crippen LogP contribution in [0.5, 0.6) is 6.01 Å². The van der Waals surface area contributed by atoms with Gasteiger partial charge < -0.3 is 10.8 Å². The number of anilines is 1. The van der Waals surface area contributed by atoms with Gasteiger partial charge in [0, 0.05) is 0 Å². The molecule has 0 aromatic carbocycles. The average Bonchev–Trinajstić information content (AvgIpc) is 2.34. The van der Waals surface area contributed by atoms with Crippen LogP contribution in [-0.2, 0) is 0 Å². The minimum Gasteiger partial charge on any atom is -0.479 e. The summed E-state index contributed by atoms with van der Waals surface area (Å²) in [6.45, 7) is 0. The molecule has 0 atom stereocenters. The van der Waals surface area contributed by atoms with E-state index in [1.807, 2.05) is 0 Å². The molecule has 3 N–H and O–H groups in total. The first-order chi connectivity index (χ1) is 5.27. The van der Waals surface area contributed by atoms with Crippen molar-refractivity contribution in [1.82, 2.24) is 15.3 Å². The van der Waals surface area contributed by atoms with E-state index in [1.54, 1.807) is 0 Å². The second kappa shape index (κ2) is 1.82. The number of aliphatic imine (C=N–C) groups is 1. The van der Waals surface area contributed by atoms with E-state index < -0.39 is 0 Å². The maximum Gasteiger partial charge on any atom is 0.318 e. The van der Waals surface area contributed by atoms with Crippen molar-refractivity contribution in [3.8, 4) is 6.01 Å². The Balaban J connectivity index is 2.67. The molecule has 0 unspecified atom stereocenters. The highest BCUT2D eigenvalue weighted by molar-refractivity contribution is 5.84. The number of fused-ring (bicyclic) bond motifs is 1. The fourth-order valence-electron chi connectivity index (χ4n) is 0.803. The lowest BCUT2D eigenvalue weighted by molar-refractivity contribution is 0.432. The summed E-state index contributed by atoms with van der Waals surface area (Å²) in [7, 11) is 0. The van der Waals surface area contributed by atoms with Gasteiger partial charge in [0.1, 0.15) is 6.34 Å². The Kier molecular flexibility index (Phi) is 0.974. The summed E-state index contributed by atoms with van der Waals surface area (Å²) in [4.78, 5) is 10.9. The molecular formula is C5H4N5O. The summed E-state index contributed by atoms with van der Waals surface area (Å²) in [5.41, 5.74) is 5.81. The zero-order valence-electron chi connectivity index (χ0n) is 5.39.